The summed E-state index contributed by atoms with van der Waals surface area (Å²) in [5, 5.41) is 0. The Morgan fingerprint density at radius 2 is 2.06 bits per heavy atom. The third kappa shape index (κ3) is 2.86. The Kier molecular flexibility index (Phi) is 4.28. The third-order valence-electron chi connectivity index (χ3n) is 4.34. The summed E-state index contributed by atoms with van der Waals surface area (Å²) in [5.74, 6) is 0.687. The molecular formula is C16H25NO. The molecule has 0 radical (unpaired) electrons. The lowest BCUT2D eigenvalue weighted by Gasteiger charge is -2.28. The Balaban J connectivity index is 2.08. The number of methoxy groups -OCH3 is 1. The van der Waals surface area contributed by atoms with Crippen molar-refractivity contribution in [2.75, 3.05) is 19.5 Å². The van der Waals surface area contributed by atoms with Gasteiger partial charge in [-0.1, -0.05) is 25.5 Å². The highest BCUT2D eigenvalue weighted by molar-refractivity contribution is 5.40. The molecule has 2 heteroatoms. The summed E-state index contributed by atoms with van der Waals surface area (Å²) in [5.41, 5.74) is 8.46. The second kappa shape index (κ2) is 5.75. The molecule has 100 valence electrons. The fourth-order valence-corrected chi connectivity index (χ4v) is 3.53. The number of nitrogen functional groups attached to an aromatic ring is 1. The molecule has 2 N–H and O–H groups in total. The minimum absolute atomic E-state index is 0.412. The molecule has 2 unspecified atom stereocenters. The molecule has 1 aliphatic carbocycles. The highest BCUT2D eigenvalue weighted by Gasteiger charge is 2.38. The largest absolute Gasteiger partial charge is 0.399 e. The third-order valence-corrected chi connectivity index (χ3v) is 4.34. The molecule has 0 spiro atoms. The van der Waals surface area contributed by atoms with Crippen LogP contribution in [-0.4, -0.2) is 13.7 Å². The van der Waals surface area contributed by atoms with Gasteiger partial charge in [0.05, 0.1) is 6.61 Å². The Morgan fingerprint density at radius 3 is 2.67 bits per heavy atom. The van der Waals surface area contributed by atoms with E-state index in [1.54, 1.807) is 0 Å². The maximum atomic E-state index is 5.75. The van der Waals surface area contributed by atoms with Crippen molar-refractivity contribution in [3.05, 3.63) is 29.8 Å². The summed E-state index contributed by atoms with van der Waals surface area (Å²) < 4.78 is 5.46. The molecule has 1 aromatic carbocycles. The summed E-state index contributed by atoms with van der Waals surface area (Å²) in [7, 11) is 1.83. The zero-order valence-electron chi connectivity index (χ0n) is 11.6. The van der Waals surface area contributed by atoms with Gasteiger partial charge >= 0.3 is 0 Å². The van der Waals surface area contributed by atoms with E-state index in [9.17, 15) is 0 Å². The van der Waals surface area contributed by atoms with Crippen molar-refractivity contribution in [1.29, 1.82) is 0 Å². The van der Waals surface area contributed by atoms with E-state index in [1.165, 1.54) is 37.7 Å². The van der Waals surface area contributed by atoms with Crippen LogP contribution in [0.2, 0.25) is 0 Å². The highest BCUT2D eigenvalue weighted by Crippen LogP contribution is 2.49. The van der Waals surface area contributed by atoms with Gasteiger partial charge in [0.15, 0.2) is 0 Å². The van der Waals surface area contributed by atoms with E-state index in [0.29, 0.717) is 11.3 Å². The molecule has 2 nitrogen and oxygen atoms in total. The van der Waals surface area contributed by atoms with Crippen molar-refractivity contribution in [2.45, 2.75) is 44.9 Å². The highest BCUT2D eigenvalue weighted by atomic mass is 16.5. The molecular weight excluding hydrogens is 222 g/mol. The Bertz CT molecular complexity index is 365. The van der Waals surface area contributed by atoms with Gasteiger partial charge in [0.2, 0.25) is 0 Å². The van der Waals surface area contributed by atoms with Crippen molar-refractivity contribution in [3.63, 3.8) is 0 Å². The normalized spacial score (nSPS) is 27.6. The predicted molar refractivity (Wildman–Crippen MR) is 76.7 cm³/mol. The lowest BCUT2D eigenvalue weighted by molar-refractivity contribution is 0.0749. The molecule has 0 bridgehead atoms. The number of ether oxygens (including phenoxy) is 1. The van der Waals surface area contributed by atoms with Crippen LogP contribution in [0.15, 0.2) is 24.3 Å². The lowest BCUT2D eigenvalue weighted by atomic mass is 9.81. The number of hydrogen-bond acceptors (Lipinski definition) is 2. The Labute approximate surface area is 111 Å². The monoisotopic (exact) mass is 247 g/mol. The van der Waals surface area contributed by atoms with E-state index in [2.05, 4.69) is 19.1 Å². The fraction of sp³-hybridized carbons (Fsp3) is 0.625. The van der Waals surface area contributed by atoms with E-state index in [0.717, 1.165) is 12.3 Å². The number of rotatable bonds is 5. The first-order valence-electron chi connectivity index (χ1n) is 7.03. The molecule has 1 saturated carbocycles. The van der Waals surface area contributed by atoms with Crippen LogP contribution in [-0.2, 0) is 4.74 Å². The molecule has 2 rings (SSSR count). The van der Waals surface area contributed by atoms with Crippen LogP contribution in [0, 0.1) is 5.41 Å². The Morgan fingerprint density at radius 1 is 1.33 bits per heavy atom. The van der Waals surface area contributed by atoms with E-state index in [1.807, 2.05) is 19.2 Å². The molecule has 0 saturated heterocycles. The predicted octanol–water partition coefficient (Wildman–Crippen LogP) is 3.97. The van der Waals surface area contributed by atoms with Gasteiger partial charge in [-0.25, -0.2) is 0 Å². The summed E-state index contributed by atoms with van der Waals surface area (Å²) in [4.78, 5) is 0. The molecule has 1 aliphatic rings. The van der Waals surface area contributed by atoms with E-state index >= 15 is 0 Å². The van der Waals surface area contributed by atoms with Crippen LogP contribution in [0.25, 0.3) is 0 Å². The zero-order valence-corrected chi connectivity index (χ0v) is 11.6. The first-order valence-corrected chi connectivity index (χ1v) is 7.03. The minimum atomic E-state index is 0.412. The van der Waals surface area contributed by atoms with Gasteiger partial charge in [0.1, 0.15) is 0 Å². The van der Waals surface area contributed by atoms with Crippen LogP contribution >= 0.6 is 0 Å². The van der Waals surface area contributed by atoms with Gasteiger partial charge in [0, 0.05) is 12.8 Å². The van der Waals surface area contributed by atoms with Crippen LogP contribution in [0.3, 0.4) is 0 Å². The number of hydrogen-bond donors (Lipinski definition) is 1. The smallest absolute Gasteiger partial charge is 0.0518 e. The van der Waals surface area contributed by atoms with Crippen LogP contribution in [0.5, 0.6) is 0 Å². The van der Waals surface area contributed by atoms with Crippen molar-refractivity contribution < 1.29 is 4.74 Å². The van der Waals surface area contributed by atoms with Crippen molar-refractivity contribution in [2.24, 2.45) is 5.41 Å². The summed E-state index contributed by atoms with van der Waals surface area (Å²) in [6, 6.07) is 8.42. The van der Waals surface area contributed by atoms with Gasteiger partial charge in [-0.3, -0.25) is 0 Å². The average Bonchev–Trinajstić information content (AvgIpc) is 2.75. The molecule has 1 aromatic rings. The van der Waals surface area contributed by atoms with Crippen molar-refractivity contribution in [1.82, 2.24) is 0 Å². The lowest BCUT2D eigenvalue weighted by Crippen LogP contribution is -2.23. The molecule has 0 heterocycles. The van der Waals surface area contributed by atoms with Crippen LogP contribution in [0.4, 0.5) is 5.69 Å². The number of anilines is 1. The van der Waals surface area contributed by atoms with Gasteiger partial charge in [-0.05, 0) is 54.7 Å². The molecule has 0 aliphatic heterocycles. The SMILES string of the molecule is CCCC1(COC)CCC(c2ccc(N)cc2)C1. The minimum Gasteiger partial charge on any atom is -0.399 e. The molecule has 2 atom stereocenters. The zero-order chi connectivity index (χ0) is 13.0. The summed E-state index contributed by atoms with van der Waals surface area (Å²) in [6.07, 6.45) is 6.37. The second-order valence-electron chi connectivity index (χ2n) is 5.79. The van der Waals surface area contributed by atoms with Gasteiger partial charge in [0.25, 0.3) is 0 Å². The van der Waals surface area contributed by atoms with E-state index in [4.69, 9.17) is 10.5 Å². The van der Waals surface area contributed by atoms with E-state index in [-0.39, 0.29) is 0 Å². The number of nitrogens with two attached hydrogens (primary N) is 1. The van der Waals surface area contributed by atoms with Crippen molar-refractivity contribution in [3.8, 4) is 0 Å². The van der Waals surface area contributed by atoms with Gasteiger partial charge in [-0.15, -0.1) is 0 Å². The van der Waals surface area contributed by atoms with Crippen LogP contribution < -0.4 is 5.73 Å². The molecule has 0 aromatic heterocycles. The fourth-order valence-electron chi connectivity index (χ4n) is 3.53. The van der Waals surface area contributed by atoms with Crippen molar-refractivity contribution >= 4 is 5.69 Å². The molecule has 1 fully saturated rings. The first kappa shape index (κ1) is 13.4. The topological polar surface area (TPSA) is 35.2 Å². The van der Waals surface area contributed by atoms with Crippen LogP contribution in [0.1, 0.15) is 50.5 Å². The van der Waals surface area contributed by atoms with E-state index < -0.39 is 0 Å². The molecule has 18 heavy (non-hydrogen) atoms. The average molecular weight is 247 g/mol. The second-order valence-corrected chi connectivity index (χ2v) is 5.79. The van der Waals surface area contributed by atoms with Gasteiger partial charge in [-0.2, -0.15) is 0 Å². The quantitative estimate of drug-likeness (QED) is 0.799. The Hall–Kier alpha value is -1.02. The maximum Gasteiger partial charge on any atom is 0.0518 e. The summed E-state index contributed by atoms with van der Waals surface area (Å²) in [6.45, 7) is 3.18. The molecule has 0 amide bonds. The van der Waals surface area contributed by atoms with Gasteiger partial charge < -0.3 is 10.5 Å². The maximum absolute atomic E-state index is 5.75. The standard InChI is InChI=1S/C16H25NO/c1-3-9-16(12-18-2)10-8-14(11-16)13-4-6-15(17)7-5-13/h4-7,14H,3,8-12,17H2,1-2H3. The first-order chi connectivity index (χ1) is 8.69. The summed E-state index contributed by atoms with van der Waals surface area (Å²) >= 11 is 0. The number of benzene rings is 1.